The summed E-state index contributed by atoms with van der Waals surface area (Å²) in [7, 11) is 0. The topological polar surface area (TPSA) is 21.3 Å². The molecule has 0 spiro atoms. The van der Waals surface area contributed by atoms with Gasteiger partial charge in [0.15, 0.2) is 0 Å². The molecule has 0 aliphatic heterocycles. The van der Waals surface area contributed by atoms with E-state index in [0.717, 1.165) is 40.6 Å². The van der Waals surface area contributed by atoms with Gasteiger partial charge in [0.05, 0.1) is 0 Å². The normalized spacial score (nSPS) is 31.0. The van der Waals surface area contributed by atoms with Crippen LogP contribution in [-0.4, -0.2) is 6.04 Å². The van der Waals surface area contributed by atoms with Gasteiger partial charge < -0.3 is 10.1 Å². The van der Waals surface area contributed by atoms with Crippen LogP contribution in [0, 0.1) is 23.2 Å². The molecular weight excluding hydrogens is 378 g/mol. The quantitative estimate of drug-likeness (QED) is 0.555. The van der Waals surface area contributed by atoms with Crippen molar-refractivity contribution >= 4 is 11.6 Å². The zero-order valence-corrected chi connectivity index (χ0v) is 18.1. The predicted octanol–water partition coefficient (Wildman–Crippen LogP) is 6.61. The fraction of sp³-hybridized carbons (Fsp3) is 0.538. The Bertz CT molecular complexity index is 794. The number of hydrogen-bond donors (Lipinski definition) is 1. The highest BCUT2D eigenvalue weighted by atomic mass is 35.5. The van der Waals surface area contributed by atoms with Crippen LogP contribution in [0.2, 0.25) is 5.02 Å². The number of hydrogen-bond acceptors (Lipinski definition) is 2. The Labute approximate surface area is 180 Å². The molecule has 0 saturated heterocycles. The highest BCUT2D eigenvalue weighted by Crippen LogP contribution is 2.61. The lowest BCUT2D eigenvalue weighted by Crippen LogP contribution is -2.54. The minimum Gasteiger partial charge on any atom is -0.489 e. The zero-order valence-electron chi connectivity index (χ0n) is 17.4. The van der Waals surface area contributed by atoms with Crippen molar-refractivity contribution in [2.24, 2.45) is 23.2 Å². The Kier molecular flexibility index (Phi) is 5.34. The number of nitrogens with one attached hydrogen (secondary N) is 1. The van der Waals surface area contributed by atoms with Crippen LogP contribution in [0.3, 0.4) is 0 Å². The monoisotopic (exact) mass is 409 g/mol. The lowest BCUT2D eigenvalue weighted by Gasteiger charge is -2.59. The van der Waals surface area contributed by atoms with Crippen molar-refractivity contribution in [3.8, 4) is 5.75 Å². The molecule has 0 aromatic heterocycles. The molecule has 29 heavy (non-hydrogen) atoms. The summed E-state index contributed by atoms with van der Waals surface area (Å²) in [4.78, 5) is 0. The molecule has 1 atom stereocenters. The van der Waals surface area contributed by atoms with E-state index < -0.39 is 0 Å². The van der Waals surface area contributed by atoms with Gasteiger partial charge in [0, 0.05) is 17.6 Å². The van der Waals surface area contributed by atoms with E-state index in [1.54, 1.807) is 0 Å². The molecule has 0 amide bonds. The van der Waals surface area contributed by atoms with Crippen LogP contribution in [0.4, 0.5) is 0 Å². The molecule has 0 heterocycles. The van der Waals surface area contributed by atoms with Gasteiger partial charge in [0.2, 0.25) is 0 Å². The molecule has 154 valence electrons. The van der Waals surface area contributed by atoms with E-state index in [2.05, 4.69) is 36.5 Å². The second-order valence-corrected chi connectivity index (χ2v) is 10.4. The van der Waals surface area contributed by atoms with Crippen molar-refractivity contribution in [3.05, 3.63) is 64.7 Å². The maximum atomic E-state index is 5.94. The fourth-order valence-electron chi connectivity index (χ4n) is 6.65. The summed E-state index contributed by atoms with van der Waals surface area (Å²) in [5.74, 6) is 3.96. The molecule has 2 aromatic carbocycles. The molecular formula is C26H32ClNO. The smallest absolute Gasteiger partial charge is 0.119 e. The largest absolute Gasteiger partial charge is 0.489 e. The molecule has 4 fully saturated rings. The molecule has 0 radical (unpaired) electrons. The minimum absolute atomic E-state index is 0.566. The molecule has 0 unspecified atom stereocenters. The van der Waals surface area contributed by atoms with Crippen molar-refractivity contribution in [2.75, 3.05) is 0 Å². The Hall–Kier alpha value is -1.51. The van der Waals surface area contributed by atoms with E-state index in [4.69, 9.17) is 16.3 Å². The molecule has 4 saturated carbocycles. The maximum Gasteiger partial charge on any atom is 0.119 e. The zero-order chi connectivity index (χ0) is 19.8. The molecule has 4 aliphatic carbocycles. The molecule has 3 heteroatoms. The van der Waals surface area contributed by atoms with Crippen LogP contribution in [-0.2, 0) is 13.2 Å². The summed E-state index contributed by atoms with van der Waals surface area (Å²) in [5, 5.41) is 4.64. The first kappa shape index (κ1) is 19.5. The molecule has 6 rings (SSSR count). The molecule has 4 aliphatic rings. The summed E-state index contributed by atoms with van der Waals surface area (Å²) >= 11 is 5.94. The summed E-state index contributed by atoms with van der Waals surface area (Å²) in [6.07, 6.45) is 8.94. The third-order valence-corrected chi connectivity index (χ3v) is 8.11. The first-order valence-electron chi connectivity index (χ1n) is 11.3. The minimum atomic E-state index is 0.566. The average molecular weight is 410 g/mol. The number of benzene rings is 2. The van der Waals surface area contributed by atoms with E-state index in [9.17, 15) is 0 Å². The third kappa shape index (κ3) is 4.20. The van der Waals surface area contributed by atoms with E-state index in [1.165, 1.54) is 44.1 Å². The van der Waals surface area contributed by atoms with E-state index in [-0.39, 0.29) is 0 Å². The van der Waals surface area contributed by atoms with Gasteiger partial charge in [-0.3, -0.25) is 0 Å². The van der Waals surface area contributed by atoms with E-state index in [1.807, 2.05) is 24.3 Å². The maximum absolute atomic E-state index is 5.94. The SMILES string of the molecule is C[C@H](NCc1ccc(OCc2ccc(Cl)cc2)cc1)C12CC3CC(CC(C3)C1)C2. The highest BCUT2D eigenvalue weighted by molar-refractivity contribution is 6.30. The molecule has 4 bridgehead atoms. The van der Waals surface area contributed by atoms with Gasteiger partial charge in [-0.25, -0.2) is 0 Å². The summed E-state index contributed by atoms with van der Waals surface area (Å²) in [5.41, 5.74) is 3.03. The first-order valence-corrected chi connectivity index (χ1v) is 11.7. The van der Waals surface area contributed by atoms with Crippen LogP contribution >= 0.6 is 11.6 Å². The van der Waals surface area contributed by atoms with Gasteiger partial charge in [-0.05, 0) is 104 Å². The lowest BCUT2D eigenvalue weighted by atomic mass is 9.48. The van der Waals surface area contributed by atoms with Gasteiger partial charge in [0.25, 0.3) is 0 Å². The lowest BCUT2D eigenvalue weighted by molar-refractivity contribution is -0.0706. The van der Waals surface area contributed by atoms with E-state index in [0.29, 0.717) is 18.1 Å². The number of halogens is 1. The highest BCUT2D eigenvalue weighted by Gasteiger charge is 2.52. The van der Waals surface area contributed by atoms with Gasteiger partial charge in [-0.15, -0.1) is 0 Å². The number of ether oxygens (including phenoxy) is 1. The van der Waals surface area contributed by atoms with Crippen molar-refractivity contribution in [1.29, 1.82) is 0 Å². The van der Waals surface area contributed by atoms with Gasteiger partial charge in [-0.2, -0.15) is 0 Å². The molecule has 1 N–H and O–H groups in total. The Balaban J connectivity index is 1.14. The van der Waals surface area contributed by atoms with Crippen molar-refractivity contribution in [2.45, 2.75) is 64.6 Å². The van der Waals surface area contributed by atoms with Crippen LogP contribution in [0.15, 0.2) is 48.5 Å². The van der Waals surface area contributed by atoms with Crippen molar-refractivity contribution in [1.82, 2.24) is 5.32 Å². The van der Waals surface area contributed by atoms with Crippen molar-refractivity contribution < 1.29 is 4.74 Å². The van der Waals surface area contributed by atoms with Gasteiger partial charge in [-0.1, -0.05) is 35.9 Å². The second-order valence-electron chi connectivity index (χ2n) is 9.94. The molecule has 2 aromatic rings. The Morgan fingerprint density at radius 1 is 0.897 bits per heavy atom. The fourth-order valence-corrected chi connectivity index (χ4v) is 6.77. The van der Waals surface area contributed by atoms with E-state index >= 15 is 0 Å². The van der Waals surface area contributed by atoms with Crippen molar-refractivity contribution in [3.63, 3.8) is 0 Å². The van der Waals surface area contributed by atoms with Crippen LogP contribution in [0.5, 0.6) is 5.75 Å². The third-order valence-electron chi connectivity index (χ3n) is 7.86. The second kappa shape index (κ2) is 7.96. The predicted molar refractivity (Wildman–Crippen MR) is 119 cm³/mol. The summed E-state index contributed by atoms with van der Waals surface area (Å²) in [6.45, 7) is 3.95. The van der Waals surface area contributed by atoms with Gasteiger partial charge in [0.1, 0.15) is 12.4 Å². The molecule has 2 nitrogen and oxygen atoms in total. The first-order chi connectivity index (χ1) is 14.1. The van der Waals surface area contributed by atoms with Gasteiger partial charge >= 0.3 is 0 Å². The Morgan fingerprint density at radius 2 is 1.45 bits per heavy atom. The van der Waals surface area contributed by atoms with Crippen LogP contribution in [0.25, 0.3) is 0 Å². The Morgan fingerprint density at radius 3 is 2.03 bits per heavy atom. The average Bonchev–Trinajstić information content (AvgIpc) is 2.71. The standard InChI is InChI=1S/C26H32ClNO/c1-18(26-13-21-10-22(14-26)12-23(11-21)15-26)28-16-19-4-8-25(9-5-19)29-17-20-2-6-24(27)7-3-20/h2-9,18,21-23,28H,10-17H2,1H3/t18-,21?,22?,23?,26?/m0/s1. The van der Waals surface area contributed by atoms with Crippen LogP contribution < -0.4 is 10.1 Å². The number of rotatable bonds is 7. The van der Waals surface area contributed by atoms with Crippen LogP contribution in [0.1, 0.15) is 56.6 Å². The summed E-state index contributed by atoms with van der Waals surface area (Å²) in [6, 6.07) is 17.0. The summed E-state index contributed by atoms with van der Waals surface area (Å²) < 4.78 is 5.91.